The number of halogens is 1. The number of allylic oxidation sites excluding steroid dienone is 1. The van der Waals surface area contributed by atoms with E-state index in [4.69, 9.17) is 11.6 Å². The molecule has 0 radical (unpaired) electrons. The molecule has 2 heterocycles. The molecule has 0 saturated heterocycles. The molecule has 1 aromatic heterocycles. The maximum absolute atomic E-state index is 12.5. The van der Waals surface area contributed by atoms with Crippen LogP contribution in [0.25, 0.3) is 17.0 Å². The first-order valence-electron chi connectivity index (χ1n) is 6.52. The van der Waals surface area contributed by atoms with Crippen LogP contribution in [0.3, 0.4) is 0 Å². The van der Waals surface area contributed by atoms with Crippen LogP contribution >= 0.6 is 23.4 Å². The molecule has 0 spiro atoms. The van der Waals surface area contributed by atoms with Crippen LogP contribution in [0, 0.1) is 0 Å². The molecule has 0 bridgehead atoms. The quantitative estimate of drug-likeness (QED) is 0.630. The van der Waals surface area contributed by atoms with Gasteiger partial charge in [0.05, 0.1) is 4.91 Å². The predicted molar refractivity (Wildman–Crippen MR) is 87.9 cm³/mol. The highest BCUT2D eigenvalue weighted by Crippen LogP contribution is 2.42. The van der Waals surface area contributed by atoms with Gasteiger partial charge in [-0.15, -0.1) is 0 Å². The van der Waals surface area contributed by atoms with Gasteiger partial charge < -0.3 is 4.98 Å². The third-order valence-electron chi connectivity index (χ3n) is 3.54. The number of carbonyl (C=O) groups excluding carboxylic acids is 1. The van der Waals surface area contributed by atoms with E-state index in [0.29, 0.717) is 10.6 Å². The Balaban J connectivity index is 1.80. The first kappa shape index (κ1) is 12.7. The fourth-order valence-electron chi connectivity index (χ4n) is 2.52. The average Bonchev–Trinajstić information content (AvgIpc) is 3.03. The van der Waals surface area contributed by atoms with Crippen LogP contribution in [0.2, 0.25) is 5.02 Å². The van der Waals surface area contributed by atoms with Crippen LogP contribution in [-0.2, 0) is 0 Å². The second-order valence-corrected chi connectivity index (χ2v) is 6.39. The summed E-state index contributed by atoms with van der Waals surface area (Å²) in [6.07, 6.45) is 3.88. The van der Waals surface area contributed by atoms with Gasteiger partial charge in [0.2, 0.25) is 5.78 Å². The molecule has 102 valence electrons. The second-order valence-electron chi connectivity index (χ2n) is 4.87. The van der Waals surface area contributed by atoms with Crippen LogP contribution in [0.1, 0.15) is 15.9 Å². The predicted octanol–water partition coefficient (Wildman–Crippen LogP) is 5.15. The number of hydrogen-bond donors (Lipinski definition) is 1. The largest absolute Gasteiger partial charge is 0.361 e. The molecule has 0 unspecified atom stereocenters. The SMILES string of the molecule is O=C1/C(=C/c2c[nH]c3ccccc23)Sc2ccc(Cl)cc21. The van der Waals surface area contributed by atoms with E-state index >= 15 is 0 Å². The number of benzene rings is 2. The maximum atomic E-state index is 12.5. The summed E-state index contributed by atoms with van der Waals surface area (Å²) in [5.74, 6) is 0.0442. The van der Waals surface area contributed by atoms with Crippen molar-refractivity contribution in [1.29, 1.82) is 0 Å². The molecule has 0 aliphatic carbocycles. The molecule has 4 heteroatoms. The summed E-state index contributed by atoms with van der Waals surface area (Å²) in [5, 5.41) is 1.71. The monoisotopic (exact) mass is 311 g/mol. The van der Waals surface area contributed by atoms with Gasteiger partial charge in [-0.25, -0.2) is 0 Å². The highest BCUT2D eigenvalue weighted by atomic mass is 35.5. The minimum atomic E-state index is 0.0442. The standard InChI is InChI=1S/C17H10ClNOS/c18-11-5-6-15-13(8-11)17(20)16(21-15)7-10-9-19-14-4-2-1-3-12(10)14/h1-9,19H/b16-7-. The van der Waals surface area contributed by atoms with Crippen molar-refractivity contribution in [3.8, 4) is 0 Å². The number of rotatable bonds is 1. The van der Waals surface area contributed by atoms with E-state index in [1.165, 1.54) is 11.8 Å². The normalized spacial score (nSPS) is 15.9. The Bertz CT molecular complexity index is 910. The van der Waals surface area contributed by atoms with Crippen molar-refractivity contribution in [1.82, 2.24) is 4.98 Å². The zero-order valence-corrected chi connectivity index (χ0v) is 12.5. The number of Topliss-reactive ketones (excluding diaryl/α,β-unsaturated/α-hetero) is 1. The first-order valence-corrected chi connectivity index (χ1v) is 7.72. The van der Waals surface area contributed by atoms with Crippen molar-refractivity contribution in [2.75, 3.05) is 0 Å². The summed E-state index contributed by atoms with van der Waals surface area (Å²) in [4.78, 5) is 17.4. The lowest BCUT2D eigenvalue weighted by atomic mass is 10.1. The zero-order valence-electron chi connectivity index (χ0n) is 10.9. The fraction of sp³-hybridized carbons (Fsp3) is 0. The molecule has 0 atom stereocenters. The fourth-order valence-corrected chi connectivity index (χ4v) is 3.71. The summed E-state index contributed by atoms with van der Waals surface area (Å²) < 4.78 is 0. The average molecular weight is 312 g/mol. The Morgan fingerprint density at radius 2 is 2.00 bits per heavy atom. The number of aromatic nitrogens is 1. The maximum Gasteiger partial charge on any atom is 0.200 e. The van der Waals surface area contributed by atoms with Gasteiger partial charge in [-0.1, -0.05) is 41.6 Å². The van der Waals surface area contributed by atoms with Crippen molar-refractivity contribution >= 4 is 46.1 Å². The smallest absolute Gasteiger partial charge is 0.200 e. The molecular weight excluding hydrogens is 302 g/mol. The van der Waals surface area contributed by atoms with Crippen molar-refractivity contribution in [3.63, 3.8) is 0 Å². The zero-order chi connectivity index (χ0) is 14.4. The molecule has 0 amide bonds. The molecule has 4 rings (SSSR count). The lowest BCUT2D eigenvalue weighted by molar-refractivity contribution is 0.104. The topological polar surface area (TPSA) is 32.9 Å². The molecule has 1 N–H and O–H groups in total. The Hall–Kier alpha value is -1.97. The summed E-state index contributed by atoms with van der Waals surface area (Å²) in [6, 6.07) is 13.5. The van der Waals surface area contributed by atoms with E-state index in [1.807, 2.05) is 48.7 Å². The van der Waals surface area contributed by atoms with Crippen LogP contribution in [0.4, 0.5) is 0 Å². The summed E-state index contributed by atoms with van der Waals surface area (Å²) in [5.41, 5.74) is 2.79. The summed E-state index contributed by atoms with van der Waals surface area (Å²) in [7, 11) is 0. The number of fused-ring (bicyclic) bond motifs is 2. The van der Waals surface area contributed by atoms with Gasteiger partial charge in [0.25, 0.3) is 0 Å². The number of nitrogens with one attached hydrogen (secondary N) is 1. The van der Waals surface area contributed by atoms with Crippen LogP contribution < -0.4 is 0 Å². The Labute approximate surface area is 130 Å². The van der Waals surface area contributed by atoms with Crippen molar-refractivity contribution in [2.24, 2.45) is 0 Å². The minimum Gasteiger partial charge on any atom is -0.361 e. The van der Waals surface area contributed by atoms with Crippen molar-refractivity contribution < 1.29 is 4.79 Å². The molecule has 1 aliphatic rings. The van der Waals surface area contributed by atoms with Gasteiger partial charge in [-0.05, 0) is 30.3 Å². The summed E-state index contributed by atoms with van der Waals surface area (Å²) >= 11 is 7.47. The molecule has 0 saturated carbocycles. The highest BCUT2D eigenvalue weighted by molar-refractivity contribution is 8.04. The molecule has 2 nitrogen and oxygen atoms in total. The Morgan fingerprint density at radius 3 is 2.90 bits per heavy atom. The summed E-state index contributed by atoms with van der Waals surface area (Å²) in [6.45, 7) is 0. The van der Waals surface area contributed by atoms with Gasteiger partial charge in [0.1, 0.15) is 0 Å². The number of H-pyrrole nitrogens is 1. The highest BCUT2D eigenvalue weighted by Gasteiger charge is 2.26. The lowest BCUT2D eigenvalue weighted by Crippen LogP contribution is -1.93. The molecular formula is C17H10ClNOS. The first-order chi connectivity index (χ1) is 10.2. The van der Waals surface area contributed by atoms with E-state index in [2.05, 4.69) is 4.98 Å². The Kier molecular flexibility index (Phi) is 2.91. The lowest BCUT2D eigenvalue weighted by Gasteiger charge is -1.94. The van der Waals surface area contributed by atoms with Crippen molar-refractivity contribution in [2.45, 2.75) is 4.90 Å². The Morgan fingerprint density at radius 1 is 1.14 bits per heavy atom. The van der Waals surface area contributed by atoms with Gasteiger partial charge in [-0.2, -0.15) is 0 Å². The molecule has 21 heavy (non-hydrogen) atoms. The number of thioether (sulfide) groups is 1. The molecule has 2 aromatic carbocycles. The van der Waals surface area contributed by atoms with Crippen molar-refractivity contribution in [3.05, 3.63) is 69.7 Å². The van der Waals surface area contributed by atoms with Gasteiger partial charge in [0.15, 0.2) is 0 Å². The number of aromatic amines is 1. The van der Waals surface area contributed by atoms with Crippen LogP contribution in [-0.4, -0.2) is 10.8 Å². The number of ketones is 1. The number of hydrogen-bond acceptors (Lipinski definition) is 2. The molecule has 0 fully saturated rings. The third-order valence-corrected chi connectivity index (χ3v) is 4.87. The van der Waals surface area contributed by atoms with E-state index in [0.717, 1.165) is 26.3 Å². The number of para-hydroxylation sites is 1. The van der Waals surface area contributed by atoms with Gasteiger partial charge in [0, 0.05) is 38.1 Å². The van der Waals surface area contributed by atoms with Crippen LogP contribution in [0.15, 0.2) is 58.5 Å². The van der Waals surface area contributed by atoms with E-state index in [9.17, 15) is 4.79 Å². The minimum absolute atomic E-state index is 0.0442. The third kappa shape index (κ3) is 2.09. The second kappa shape index (κ2) is 4.79. The van der Waals surface area contributed by atoms with E-state index < -0.39 is 0 Å². The molecule has 1 aliphatic heterocycles. The molecule has 3 aromatic rings. The van der Waals surface area contributed by atoms with Gasteiger partial charge in [-0.3, -0.25) is 4.79 Å². The van der Waals surface area contributed by atoms with E-state index in [1.54, 1.807) is 6.07 Å². The van der Waals surface area contributed by atoms with E-state index in [-0.39, 0.29) is 5.78 Å². The van der Waals surface area contributed by atoms with Gasteiger partial charge >= 0.3 is 0 Å². The number of carbonyl (C=O) groups is 1. The van der Waals surface area contributed by atoms with Crippen LogP contribution in [0.5, 0.6) is 0 Å².